The number of halogens is 1. The van der Waals surface area contributed by atoms with E-state index in [2.05, 4.69) is 17.6 Å². The number of hydrogen-bond donors (Lipinski definition) is 2. The van der Waals surface area contributed by atoms with Crippen LogP contribution in [0.3, 0.4) is 0 Å². The van der Waals surface area contributed by atoms with Gasteiger partial charge in [-0.2, -0.15) is 0 Å². The molecule has 0 radical (unpaired) electrons. The Morgan fingerprint density at radius 2 is 1.14 bits per heavy atom. The fraction of sp³-hybridized carbons (Fsp3) is 0.412. The lowest BCUT2D eigenvalue weighted by molar-refractivity contribution is -0.137. The first-order valence-corrected chi connectivity index (χ1v) is 16.0. The molecule has 2 fully saturated rings. The number of amides is 8. The number of carbonyl (C=O) groups excluding carboxylic acids is 8. The molecule has 0 saturated carbocycles. The van der Waals surface area contributed by atoms with Crippen molar-refractivity contribution in [1.29, 1.82) is 0 Å². The van der Waals surface area contributed by atoms with Crippen LogP contribution in [-0.4, -0.2) is 95.6 Å². The van der Waals surface area contributed by atoms with Crippen molar-refractivity contribution in [2.45, 2.75) is 64.0 Å². The molecular formula is C34H35FN4O10. The van der Waals surface area contributed by atoms with Gasteiger partial charge in [-0.05, 0) is 68.0 Å². The standard InChI is InChI=1S/C21H26N2O6.C13H9FN2O4/c1-2-9-28-11-12-29-10-3-4-14-5-6-15-16(13-14)21(27)23(20(15)26)17-7-8-18(24)22-19(17)25;14-6-1-2-7-8(5-6)13(20)16(12(7)19)9-3-4-10(17)15-11(9)18/h5-6,13,17H,2-4,7-12H2,1H3,(H,22,24,25);1-2,5,9H,3-4H2,(H,15,17,18). The lowest BCUT2D eigenvalue weighted by Gasteiger charge is -2.27. The summed E-state index contributed by atoms with van der Waals surface area (Å²) >= 11 is 0. The van der Waals surface area contributed by atoms with Crippen molar-refractivity contribution in [3.8, 4) is 0 Å². The Balaban J connectivity index is 0.000000204. The summed E-state index contributed by atoms with van der Waals surface area (Å²) in [6.45, 7) is 4.51. The Labute approximate surface area is 280 Å². The van der Waals surface area contributed by atoms with Crippen LogP contribution in [0.1, 0.15) is 92.4 Å². The molecule has 0 aliphatic carbocycles. The molecule has 8 amide bonds. The minimum Gasteiger partial charge on any atom is -0.379 e. The maximum Gasteiger partial charge on any atom is 0.262 e. The minimum absolute atomic E-state index is 0.0537. The number of ether oxygens (including phenoxy) is 2. The Morgan fingerprint density at radius 3 is 1.67 bits per heavy atom. The third-order valence-corrected chi connectivity index (χ3v) is 8.38. The number of hydrogen-bond acceptors (Lipinski definition) is 10. The molecule has 2 unspecified atom stereocenters. The predicted octanol–water partition coefficient (Wildman–Crippen LogP) is 1.69. The van der Waals surface area contributed by atoms with Crippen LogP contribution in [0.15, 0.2) is 36.4 Å². The molecular weight excluding hydrogens is 643 g/mol. The van der Waals surface area contributed by atoms with E-state index in [0.29, 0.717) is 37.4 Å². The average molecular weight is 679 g/mol. The average Bonchev–Trinajstić information content (AvgIpc) is 3.46. The summed E-state index contributed by atoms with van der Waals surface area (Å²) < 4.78 is 24.0. The molecule has 6 rings (SSSR count). The van der Waals surface area contributed by atoms with Gasteiger partial charge in [-0.15, -0.1) is 0 Å². The molecule has 49 heavy (non-hydrogen) atoms. The molecule has 4 aliphatic heterocycles. The van der Waals surface area contributed by atoms with Crippen LogP contribution in [0.5, 0.6) is 0 Å². The monoisotopic (exact) mass is 678 g/mol. The fourth-order valence-corrected chi connectivity index (χ4v) is 5.96. The van der Waals surface area contributed by atoms with E-state index in [4.69, 9.17) is 9.47 Å². The number of rotatable bonds is 11. The molecule has 0 aromatic heterocycles. The van der Waals surface area contributed by atoms with Crippen LogP contribution in [0.2, 0.25) is 0 Å². The van der Waals surface area contributed by atoms with Gasteiger partial charge in [0.05, 0.1) is 35.5 Å². The topological polar surface area (TPSA) is 186 Å². The molecule has 15 heteroatoms. The number of carbonyl (C=O) groups is 8. The molecule has 2 N–H and O–H groups in total. The zero-order valence-electron chi connectivity index (χ0n) is 26.8. The lowest BCUT2D eigenvalue weighted by Crippen LogP contribution is -2.54. The Morgan fingerprint density at radius 1 is 0.653 bits per heavy atom. The lowest BCUT2D eigenvalue weighted by atomic mass is 10.0. The largest absolute Gasteiger partial charge is 0.379 e. The first-order valence-electron chi connectivity index (χ1n) is 16.0. The summed E-state index contributed by atoms with van der Waals surface area (Å²) in [5, 5.41) is 4.28. The predicted molar refractivity (Wildman–Crippen MR) is 166 cm³/mol. The SMILES string of the molecule is CCCOCCOCCCc1ccc2c(c1)C(=O)N(C1CCC(=O)NC1=O)C2=O.O=C1CCC(N2C(=O)c3ccc(F)cc3C2=O)C(=O)N1. The van der Waals surface area contributed by atoms with Gasteiger partial charge >= 0.3 is 0 Å². The van der Waals surface area contributed by atoms with E-state index in [0.717, 1.165) is 46.9 Å². The van der Waals surface area contributed by atoms with Crippen molar-refractivity contribution in [1.82, 2.24) is 20.4 Å². The fourth-order valence-electron chi connectivity index (χ4n) is 5.96. The van der Waals surface area contributed by atoms with Crippen molar-refractivity contribution in [2.24, 2.45) is 0 Å². The third-order valence-electron chi connectivity index (χ3n) is 8.38. The van der Waals surface area contributed by atoms with Gasteiger partial charge < -0.3 is 9.47 Å². The molecule has 0 bridgehead atoms. The first-order chi connectivity index (χ1) is 23.5. The van der Waals surface area contributed by atoms with Crippen LogP contribution in [0.4, 0.5) is 4.39 Å². The van der Waals surface area contributed by atoms with Gasteiger partial charge in [-0.1, -0.05) is 13.0 Å². The van der Waals surface area contributed by atoms with Gasteiger partial charge in [-0.25, -0.2) is 4.39 Å². The van der Waals surface area contributed by atoms with Crippen molar-refractivity contribution in [3.63, 3.8) is 0 Å². The van der Waals surface area contributed by atoms with Crippen molar-refractivity contribution < 1.29 is 52.2 Å². The Kier molecular flexibility index (Phi) is 11.0. The van der Waals surface area contributed by atoms with Gasteiger partial charge in [-0.3, -0.25) is 58.8 Å². The number of benzene rings is 2. The molecule has 4 heterocycles. The highest BCUT2D eigenvalue weighted by Gasteiger charge is 2.46. The second kappa shape index (κ2) is 15.4. The summed E-state index contributed by atoms with van der Waals surface area (Å²) in [4.78, 5) is 97.8. The van der Waals surface area contributed by atoms with Gasteiger partial charge in [0.15, 0.2) is 0 Å². The molecule has 2 aromatic rings. The maximum absolute atomic E-state index is 13.2. The molecule has 258 valence electrons. The number of piperidine rings is 2. The van der Waals surface area contributed by atoms with Crippen molar-refractivity contribution in [3.05, 3.63) is 70.0 Å². The van der Waals surface area contributed by atoms with Crippen LogP contribution in [0, 0.1) is 5.82 Å². The van der Waals surface area contributed by atoms with Crippen molar-refractivity contribution >= 4 is 47.3 Å². The van der Waals surface area contributed by atoms with Crippen LogP contribution in [-0.2, 0) is 35.1 Å². The summed E-state index contributed by atoms with van der Waals surface area (Å²) in [7, 11) is 0. The van der Waals surface area contributed by atoms with Crippen LogP contribution in [0.25, 0.3) is 0 Å². The summed E-state index contributed by atoms with van der Waals surface area (Å²) in [6.07, 6.45) is 2.88. The molecule has 14 nitrogen and oxygen atoms in total. The zero-order chi connectivity index (χ0) is 35.2. The number of fused-ring (bicyclic) bond motifs is 2. The van der Waals surface area contributed by atoms with Crippen molar-refractivity contribution in [2.75, 3.05) is 26.4 Å². The smallest absolute Gasteiger partial charge is 0.262 e. The highest BCUT2D eigenvalue weighted by molar-refractivity contribution is 6.24. The molecule has 4 aliphatic rings. The van der Waals surface area contributed by atoms with E-state index >= 15 is 0 Å². The number of imide groups is 4. The summed E-state index contributed by atoms with van der Waals surface area (Å²) in [5.41, 5.74) is 1.56. The maximum atomic E-state index is 13.2. The zero-order valence-corrected chi connectivity index (χ0v) is 26.8. The third kappa shape index (κ3) is 7.62. The second-order valence-electron chi connectivity index (χ2n) is 11.8. The van der Waals surface area contributed by atoms with Crippen LogP contribution >= 0.6 is 0 Å². The minimum atomic E-state index is -1.02. The molecule has 2 atom stereocenters. The van der Waals surface area contributed by atoms with Gasteiger partial charge in [0.2, 0.25) is 23.6 Å². The summed E-state index contributed by atoms with van der Waals surface area (Å²) in [5.74, 6) is -5.05. The highest BCUT2D eigenvalue weighted by atomic mass is 19.1. The molecule has 2 saturated heterocycles. The van der Waals surface area contributed by atoms with E-state index in [9.17, 15) is 42.7 Å². The Bertz CT molecular complexity index is 1730. The summed E-state index contributed by atoms with van der Waals surface area (Å²) in [6, 6.07) is 6.48. The number of aryl methyl sites for hydroxylation is 1. The number of nitrogens with zero attached hydrogens (tertiary/aromatic N) is 2. The van der Waals surface area contributed by atoms with Crippen LogP contribution < -0.4 is 10.6 Å². The van der Waals surface area contributed by atoms with E-state index in [-0.39, 0.29) is 42.7 Å². The van der Waals surface area contributed by atoms with E-state index in [1.165, 1.54) is 6.07 Å². The van der Waals surface area contributed by atoms with Gasteiger partial charge in [0.25, 0.3) is 23.6 Å². The quantitative estimate of drug-likeness (QED) is 0.262. The molecule has 0 spiro atoms. The van der Waals surface area contributed by atoms with E-state index in [1.807, 2.05) is 6.07 Å². The first kappa shape index (κ1) is 35.2. The highest BCUT2D eigenvalue weighted by Crippen LogP contribution is 2.29. The second-order valence-corrected chi connectivity index (χ2v) is 11.8. The Hall–Kier alpha value is -5.15. The van der Waals surface area contributed by atoms with E-state index in [1.54, 1.807) is 12.1 Å². The molecule has 2 aromatic carbocycles. The number of nitrogens with one attached hydrogen (secondary N) is 2. The van der Waals surface area contributed by atoms with E-state index < -0.39 is 59.3 Å². The van der Waals surface area contributed by atoms with Gasteiger partial charge in [0.1, 0.15) is 17.9 Å². The normalized spacial score (nSPS) is 20.2. The van der Waals surface area contributed by atoms with Gasteiger partial charge in [0, 0.05) is 26.1 Å².